The van der Waals surface area contributed by atoms with Crippen molar-refractivity contribution in [3.63, 3.8) is 0 Å². The van der Waals surface area contributed by atoms with Crippen LogP contribution >= 0.6 is 12.6 Å². The van der Waals surface area contributed by atoms with E-state index in [4.69, 9.17) is 0 Å². The zero-order valence-electron chi connectivity index (χ0n) is 7.31. The molecule has 0 atom stereocenters. The monoisotopic (exact) mass is 232 g/mol. The molecule has 0 aliphatic heterocycles. The smallest absolute Gasteiger partial charge is 0.387 e. The number of ether oxygens (including phenoxy) is 1. The van der Waals surface area contributed by atoms with Crippen LogP contribution in [0.4, 0.5) is 8.78 Å². The number of carbonyl (C=O) groups excluding carboxylic acids is 2. The van der Waals surface area contributed by atoms with Crippen LogP contribution < -0.4 is 4.74 Å². The minimum atomic E-state index is -3.00. The molecule has 0 N–H and O–H groups in total. The molecule has 0 saturated carbocycles. The van der Waals surface area contributed by atoms with Gasteiger partial charge in [-0.1, -0.05) is 0 Å². The molecule has 1 rings (SSSR count). The molecule has 6 heteroatoms. The first-order chi connectivity index (χ1) is 7.08. The summed E-state index contributed by atoms with van der Waals surface area (Å²) < 4.78 is 27.8. The van der Waals surface area contributed by atoms with E-state index in [1.807, 2.05) is 0 Å². The van der Waals surface area contributed by atoms with Gasteiger partial charge in [0.1, 0.15) is 5.75 Å². The standard InChI is InChI=1S/C9H6F2O3S/c10-9(11)14-7-1-5(3-12)8(15)6(2-7)4-13/h1-4,9,15H. The highest BCUT2D eigenvalue weighted by molar-refractivity contribution is 7.80. The summed E-state index contributed by atoms with van der Waals surface area (Å²) in [6.07, 6.45) is 0.821. The van der Waals surface area contributed by atoms with Crippen molar-refractivity contribution in [2.45, 2.75) is 11.5 Å². The van der Waals surface area contributed by atoms with E-state index in [2.05, 4.69) is 17.4 Å². The molecule has 0 heterocycles. The fourth-order valence-corrected chi connectivity index (χ4v) is 1.24. The van der Waals surface area contributed by atoms with E-state index in [9.17, 15) is 18.4 Å². The number of benzene rings is 1. The number of carbonyl (C=O) groups is 2. The molecule has 80 valence electrons. The van der Waals surface area contributed by atoms with Gasteiger partial charge >= 0.3 is 6.61 Å². The Hall–Kier alpha value is -1.43. The van der Waals surface area contributed by atoms with E-state index in [0.717, 1.165) is 12.1 Å². The van der Waals surface area contributed by atoms with Gasteiger partial charge in [0.25, 0.3) is 0 Å². The van der Waals surface area contributed by atoms with Crippen molar-refractivity contribution in [3.8, 4) is 5.75 Å². The maximum Gasteiger partial charge on any atom is 0.387 e. The lowest BCUT2D eigenvalue weighted by Gasteiger charge is -2.07. The van der Waals surface area contributed by atoms with Crippen LogP contribution in [-0.2, 0) is 0 Å². The molecule has 0 radical (unpaired) electrons. The van der Waals surface area contributed by atoms with Crippen LogP contribution in [0, 0.1) is 0 Å². The fourth-order valence-electron chi connectivity index (χ4n) is 1.00. The summed E-state index contributed by atoms with van der Waals surface area (Å²) in [5.74, 6) is -0.244. The summed E-state index contributed by atoms with van der Waals surface area (Å²) in [7, 11) is 0. The zero-order valence-corrected chi connectivity index (χ0v) is 8.21. The molecule has 0 aliphatic carbocycles. The van der Waals surface area contributed by atoms with Crippen molar-refractivity contribution < 1.29 is 23.1 Å². The Labute approximate surface area is 89.4 Å². The second-order valence-corrected chi connectivity index (χ2v) is 3.01. The first kappa shape index (κ1) is 11.6. The second-order valence-electron chi connectivity index (χ2n) is 2.56. The SMILES string of the molecule is O=Cc1cc(OC(F)F)cc(C=O)c1S. The average molecular weight is 232 g/mol. The topological polar surface area (TPSA) is 43.4 Å². The summed E-state index contributed by atoms with van der Waals surface area (Å²) >= 11 is 3.90. The number of hydrogen-bond donors (Lipinski definition) is 1. The van der Waals surface area contributed by atoms with Crippen LogP contribution in [0.1, 0.15) is 20.7 Å². The van der Waals surface area contributed by atoms with Gasteiger partial charge in [0.05, 0.1) is 0 Å². The molecular weight excluding hydrogens is 226 g/mol. The number of rotatable bonds is 4. The van der Waals surface area contributed by atoms with E-state index in [0.29, 0.717) is 12.6 Å². The van der Waals surface area contributed by atoms with Gasteiger partial charge in [0, 0.05) is 16.0 Å². The highest BCUT2D eigenvalue weighted by Crippen LogP contribution is 2.24. The molecule has 0 spiro atoms. The van der Waals surface area contributed by atoms with Crippen LogP contribution in [0.25, 0.3) is 0 Å². The summed E-state index contributed by atoms with van der Waals surface area (Å²) in [5, 5.41) is 0. The number of hydrogen-bond acceptors (Lipinski definition) is 4. The molecule has 0 bridgehead atoms. The molecule has 0 fully saturated rings. The molecule has 1 aromatic rings. The maximum absolute atomic E-state index is 11.9. The lowest BCUT2D eigenvalue weighted by Crippen LogP contribution is -2.03. The number of alkyl halides is 2. The van der Waals surface area contributed by atoms with Crippen molar-refractivity contribution in [2.75, 3.05) is 0 Å². The van der Waals surface area contributed by atoms with Crippen LogP contribution in [0.3, 0.4) is 0 Å². The number of aldehydes is 2. The number of thiol groups is 1. The largest absolute Gasteiger partial charge is 0.435 e. The summed E-state index contributed by atoms with van der Waals surface area (Å²) in [6.45, 7) is -3.00. The van der Waals surface area contributed by atoms with E-state index in [-0.39, 0.29) is 21.8 Å². The normalized spacial score (nSPS) is 10.1. The van der Waals surface area contributed by atoms with E-state index < -0.39 is 6.61 Å². The predicted octanol–water partition coefficient (Wildman–Crippen LogP) is 2.20. The third-order valence-electron chi connectivity index (χ3n) is 1.62. The van der Waals surface area contributed by atoms with Gasteiger partial charge in [-0.05, 0) is 12.1 Å². The molecule has 3 nitrogen and oxygen atoms in total. The molecule has 0 amide bonds. The molecular formula is C9H6F2O3S. The molecule has 1 aromatic carbocycles. The van der Waals surface area contributed by atoms with Gasteiger partial charge in [-0.2, -0.15) is 8.78 Å². The van der Waals surface area contributed by atoms with Crippen LogP contribution in [0.5, 0.6) is 5.75 Å². The Morgan fingerprint density at radius 1 is 1.20 bits per heavy atom. The lowest BCUT2D eigenvalue weighted by atomic mass is 10.1. The van der Waals surface area contributed by atoms with Crippen LogP contribution in [0.2, 0.25) is 0 Å². The van der Waals surface area contributed by atoms with E-state index >= 15 is 0 Å². The van der Waals surface area contributed by atoms with Crippen LogP contribution in [0.15, 0.2) is 17.0 Å². The van der Waals surface area contributed by atoms with Crippen LogP contribution in [-0.4, -0.2) is 19.2 Å². The van der Waals surface area contributed by atoms with Gasteiger partial charge in [-0.3, -0.25) is 9.59 Å². The first-order valence-electron chi connectivity index (χ1n) is 3.80. The summed E-state index contributed by atoms with van der Waals surface area (Å²) in [4.78, 5) is 21.2. The Kier molecular flexibility index (Phi) is 3.79. The highest BCUT2D eigenvalue weighted by atomic mass is 32.1. The maximum atomic E-state index is 11.9. The zero-order chi connectivity index (χ0) is 11.4. The molecule has 0 aromatic heterocycles. The third kappa shape index (κ3) is 2.76. The van der Waals surface area contributed by atoms with Gasteiger partial charge in [0.2, 0.25) is 0 Å². The van der Waals surface area contributed by atoms with Gasteiger partial charge in [0.15, 0.2) is 12.6 Å². The van der Waals surface area contributed by atoms with Crippen molar-refractivity contribution in [2.24, 2.45) is 0 Å². The Morgan fingerprint density at radius 3 is 2.00 bits per heavy atom. The Morgan fingerprint density at radius 2 is 1.67 bits per heavy atom. The highest BCUT2D eigenvalue weighted by Gasteiger charge is 2.10. The molecule has 0 aliphatic rings. The third-order valence-corrected chi connectivity index (χ3v) is 2.14. The van der Waals surface area contributed by atoms with Crippen molar-refractivity contribution >= 4 is 25.2 Å². The molecule has 15 heavy (non-hydrogen) atoms. The molecule has 0 saturated heterocycles. The average Bonchev–Trinajstić information content (AvgIpc) is 2.19. The quantitative estimate of drug-likeness (QED) is 0.639. The van der Waals surface area contributed by atoms with Gasteiger partial charge in [-0.25, -0.2) is 0 Å². The van der Waals surface area contributed by atoms with E-state index in [1.165, 1.54) is 0 Å². The van der Waals surface area contributed by atoms with Gasteiger partial charge < -0.3 is 4.74 Å². The number of halogens is 2. The van der Waals surface area contributed by atoms with Crippen molar-refractivity contribution in [1.82, 2.24) is 0 Å². The molecule has 0 unspecified atom stereocenters. The minimum Gasteiger partial charge on any atom is -0.435 e. The minimum absolute atomic E-state index is 0.0265. The first-order valence-corrected chi connectivity index (χ1v) is 4.25. The van der Waals surface area contributed by atoms with Crippen molar-refractivity contribution in [3.05, 3.63) is 23.3 Å². The second kappa shape index (κ2) is 4.88. The van der Waals surface area contributed by atoms with E-state index in [1.54, 1.807) is 0 Å². The summed E-state index contributed by atoms with van der Waals surface area (Å²) in [5.41, 5.74) is 0.0529. The van der Waals surface area contributed by atoms with Crippen molar-refractivity contribution in [1.29, 1.82) is 0 Å². The van der Waals surface area contributed by atoms with Gasteiger partial charge in [-0.15, -0.1) is 12.6 Å². The summed E-state index contributed by atoms with van der Waals surface area (Å²) in [6, 6.07) is 2.18. The predicted molar refractivity (Wildman–Crippen MR) is 51.1 cm³/mol. The fraction of sp³-hybridized carbons (Fsp3) is 0.111. The lowest BCUT2D eigenvalue weighted by molar-refractivity contribution is -0.0499. The Bertz CT molecular complexity index is 364. The Balaban J connectivity index is 3.20.